The summed E-state index contributed by atoms with van der Waals surface area (Å²) in [4.78, 5) is 15.7. The molecule has 3 rings (SSSR count). The number of nitrogens with one attached hydrogen (secondary N) is 1. The molecule has 1 unspecified atom stereocenters. The normalized spacial score (nSPS) is 17.7. The molecule has 0 bridgehead atoms. The highest BCUT2D eigenvalue weighted by Crippen LogP contribution is 2.37. The van der Waals surface area contributed by atoms with E-state index in [1.807, 2.05) is 30.1 Å². The summed E-state index contributed by atoms with van der Waals surface area (Å²) < 4.78 is 13.2. The molecule has 134 valence electrons. The maximum absolute atomic E-state index is 13.2. The zero-order valence-corrected chi connectivity index (χ0v) is 15.4. The molecule has 6 heteroatoms. The quantitative estimate of drug-likeness (QED) is 0.876. The number of hydrogen-bond donors (Lipinski definition) is 1. The van der Waals surface area contributed by atoms with Gasteiger partial charge in [-0.15, -0.1) is 11.8 Å². The lowest BCUT2D eigenvalue weighted by atomic mass is 10.1. The highest BCUT2D eigenvalue weighted by molar-refractivity contribution is 7.99. The van der Waals surface area contributed by atoms with Gasteiger partial charge in [-0.1, -0.05) is 24.3 Å². The van der Waals surface area contributed by atoms with Crippen LogP contribution in [0.25, 0.3) is 0 Å². The molecule has 2 aromatic rings. The molecule has 0 aliphatic carbocycles. The van der Waals surface area contributed by atoms with Crippen LogP contribution in [0.15, 0.2) is 48.5 Å². The fourth-order valence-electron chi connectivity index (χ4n) is 3.15. The van der Waals surface area contributed by atoms with Gasteiger partial charge in [0, 0.05) is 17.9 Å². The van der Waals surface area contributed by atoms with Crippen LogP contribution in [0.5, 0.6) is 0 Å². The summed E-state index contributed by atoms with van der Waals surface area (Å²) in [5.74, 6) is 0.716. The number of quaternary nitrogens is 1. The Balaban J connectivity index is 1.62. The molecule has 2 aromatic carbocycles. The fraction of sp³-hybridized carbons (Fsp3) is 0.300. The molecular formula is C20H21FN3OS+. The summed E-state index contributed by atoms with van der Waals surface area (Å²) >= 11 is 1.71. The van der Waals surface area contributed by atoms with Crippen LogP contribution >= 0.6 is 11.8 Å². The van der Waals surface area contributed by atoms with Crippen molar-refractivity contribution < 1.29 is 14.1 Å². The number of hydrogen-bond acceptors (Lipinski definition) is 3. The molecule has 1 saturated heterocycles. The smallest absolute Gasteiger partial charge is 0.278 e. The first-order valence-corrected chi connectivity index (χ1v) is 9.58. The standard InChI is InChI=1S/C20H20FN3OS/c1-23(13-16-4-2-3-15(11-16)12-22)14-19(25)24-9-10-26-20(24)17-5-7-18(21)8-6-17/h2-8,11,20H,9-10,13-14H2,1H3/p+1/t20-/m0/s1. The average Bonchev–Trinajstić information content (AvgIpc) is 3.12. The van der Waals surface area contributed by atoms with Gasteiger partial charge in [0.1, 0.15) is 17.7 Å². The molecular weight excluding hydrogens is 349 g/mol. The molecule has 0 aromatic heterocycles. The molecule has 1 amide bonds. The van der Waals surface area contributed by atoms with Crippen LogP contribution in [0.4, 0.5) is 4.39 Å². The number of rotatable bonds is 5. The largest absolute Gasteiger partial charge is 0.326 e. The topological polar surface area (TPSA) is 48.5 Å². The lowest BCUT2D eigenvalue weighted by Crippen LogP contribution is -3.08. The average molecular weight is 370 g/mol. The Morgan fingerprint density at radius 3 is 2.85 bits per heavy atom. The van der Waals surface area contributed by atoms with Crippen LogP contribution in [0, 0.1) is 17.1 Å². The minimum atomic E-state index is -0.265. The highest BCUT2D eigenvalue weighted by Gasteiger charge is 2.32. The zero-order valence-electron chi connectivity index (χ0n) is 14.6. The number of benzene rings is 2. The number of amides is 1. The van der Waals surface area contributed by atoms with E-state index in [1.54, 1.807) is 30.0 Å². The van der Waals surface area contributed by atoms with Crippen molar-refractivity contribution in [3.05, 3.63) is 71.0 Å². The van der Waals surface area contributed by atoms with E-state index in [2.05, 4.69) is 6.07 Å². The van der Waals surface area contributed by atoms with Gasteiger partial charge >= 0.3 is 0 Å². The van der Waals surface area contributed by atoms with Crippen LogP contribution in [0.3, 0.4) is 0 Å². The van der Waals surface area contributed by atoms with Gasteiger partial charge in [0.05, 0.1) is 18.7 Å². The summed E-state index contributed by atoms with van der Waals surface area (Å²) in [5.41, 5.74) is 2.63. The van der Waals surface area contributed by atoms with E-state index < -0.39 is 0 Å². The van der Waals surface area contributed by atoms with Crippen molar-refractivity contribution in [1.29, 1.82) is 5.26 Å². The maximum atomic E-state index is 13.2. The number of carbonyl (C=O) groups excluding carboxylic acids is 1. The molecule has 0 saturated carbocycles. The Kier molecular flexibility index (Phi) is 5.92. The molecule has 1 fully saturated rings. The Labute approximate surface area is 157 Å². The molecule has 1 aliphatic rings. The van der Waals surface area contributed by atoms with Crippen molar-refractivity contribution in [2.75, 3.05) is 25.9 Å². The molecule has 1 N–H and O–H groups in total. The van der Waals surface area contributed by atoms with E-state index in [4.69, 9.17) is 5.26 Å². The van der Waals surface area contributed by atoms with Crippen LogP contribution < -0.4 is 4.90 Å². The minimum Gasteiger partial charge on any atom is -0.326 e. The van der Waals surface area contributed by atoms with Crippen LogP contribution in [0.2, 0.25) is 0 Å². The van der Waals surface area contributed by atoms with Crippen molar-refractivity contribution in [2.24, 2.45) is 0 Å². The SMILES string of the molecule is C[NH+](CC(=O)N1CCS[C@H]1c1ccc(F)cc1)Cc1cccc(C#N)c1. The fourth-order valence-corrected chi connectivity index (χ4v) is 4.43. The molecule has 0 spiro atoms. The summed E-state index contributed by atoms with van der Waals surface area (Å²) in [5, 5.41) is 8.95. The Bertz CT molecular complexity index is 819. The van der Waals surface area contributed by atoms with Crippen LogP contribution in [-0.2, 0) is 11.3 Å². The summed E-state index contributed by atoms with van der Waals surface area (Å²) in [6.07, 6.45) is 0. The predicted molar refractivity (Wildman–Crippen MR) is 99.9 cm³/mol. The molecule has 2 atom stereocenters. The number of nitrogens with zero attached hydrogens (tertiary/aromatic N) is 2. The van der Waals surface area contributed by atoms with Crippen molar-refractivity contribution in [3.8, 4) is 6.07 Å². The van der Waals surface area contributed by atoms with Gasteiger partial charge in [-0.3, -0.25) is 4.79 Å². The molecule has 26 heavy (non-hydrogen) atoms. The summed E-state index contributed by atoms with van der Waals surface area (Å²) in [6, 6.07) is 16.0. The molecule has 1 heterocycles. The second-order valence-electron chi connectivity index (χ2n) is 6.48. The Morgan fingerprint density at radius 2 is 2.12 bits per heavy atom. The molecule has 0 radical (unpaired) electrons. The lowest BCUT2D eigenvalue weighted by Gasteiger charge is -2.25. The third-order valence-electron chi connectivity index (χ3n) is 4.38. The van der Waals surface area contributed by atoms with Gasteiger partial charge in [-0.25, -0.2) is 4.39 Å². The second-order valence-corrected chi connectivity index (χ2v) is 7.67. The lowest BCUT2D eigenvalue weighted by molar-refractivity contribution is -0.885. The Hall–Kier alpha value is -2.36. The first-order valence-electron chi connectivity index (χ1n) is 8.53. The van der Waals surface area contributed by atoms with Gasteiger partial charge < -0.3 is 9.80 Å². The predicted octanol–water partition coefficient (Wildman–Crippen LogP) is 1.99. The van der Waals surface area contributed by atoms with Crippen LogP contribution in [-0.4, -0.2) is 36.7 Å². The van der Waals surface area contributed by atoms with Crippen molar-refractivity contribution >= 4 is 17.7 Å². The van der Waals surface area contributed by atoms with Gasteiger partial charge in [0.25, 0.3) is 5.91 Å². The number of carbonyl (C=O) groups is 1. The number of likely N-dealkylation sites (N-methyl/N-ethyl adjacent to an activating group) is 1. The van der Waals surface area contributed by atoms with E-state index in [0.717, 1.165) is 21.8 Å². The molecule has 4 nitrogen and oxygen atoms in total. The van der Waals surface area contributed by atoms with Gasteiger partial charge in [0.15, 0.2) is 6.54 Å². The monoisotopic (exact) mass is 370 g/mol. The van der Waals surface area contributed by atoms with Gasteiger partial charge in [0.2, 0.25) is 0 Å². The van der Waals surface area contributed by atoms with E-state index in [1.165, 1.54) is 12.1 Å². The number of nitriles is 1. The maximum Gasteiger partial charge on any atom is 0.278 e. The summed E-state index contributed by atoms with van der Waals surface area (Å²) in [6.45, 7) is 1.78. The van der Waals surface area contributed by atoms with Crippen molar-refractivity contribution in [2.45, 2.75) is 11.9 Å². The van der Waals surface area contributed by atoms with E-state index in [0.29, 0.717) is 25.2 Å². The number of halogens is 1. The zero-order chi connectivity index (χ0) is 18.5. The second kappa shape index (κ2) is 8.35. The van der Waals surface area contributed by atoms with Crippen molar-refractivity contribution in [1.82, 2.24) is 4.90 Å². The van der Waals surface area contributed by atoms with E-state index >= 15 is 0 Å². The molecule has 1 aliphatic heterocycles. The third-order valence-corrected chi connectivity index (χ3v) is 5.64. The third kappa shape index (κ3) is 4.43. The van der Waals surface area contributed by atoms with Crippen LogP contribution in [0.1, 0.15) is 22.1 Å². The number of thioether (sulfide) groups is 1. The van der Waals surface area contributed by atoms with Gasteiger partial charge in [-0.05, 0) is 29.8 Å². The Morgan fingerprint density at radius 1 is 1.35 bits per heavy atom. The van der Waals surface area contributed by atoms with E-state index in [9.17, 15) is 9.18 Å². The van der Waals surface area contributed by atoms with Crippen molar-refractivity contribution in [3.63, 3.8) is 0 Å². The minimum absolute atomic E-state index is 0.0437. The summed E-state index contributed by atoms with van der Waals surface area (Å²) in [7, 11) is 1.98. The van der Waals surface area contributed by atoms with E-state index in [-0.39, 0.29) is 17.1 Å². The first kappa shape index (κ1) is 18.4. The first-order chi connectivity index (χ1) is 12.6. The highest BCUT2D eigenvalue weighted by atomic mass is 32.2. The van der Waals surface area contributed by atoms with Gasteiger partial charge in [-0.2, -0.15) is 5.26 Å².